The second-order valence-corrected chi connectivity index (χ2v) is 12.6. The lowest BCUT2D eigenvalue weighted by Gasteiger charge is -2.22. The van der Waals surface area contributed by atoms with Crippen LogP contribution in [0.1, 0.15) is 34.1 Å². The highest BCUT2D eigenvalue weighted by molar-refractivity contribution is 8.00. The van der Waals surface area contributed by atoms with Crippen molar-refractivity contribution < 1.29 is 19.4 Å². The van der Waals surface area contributed by atoms with E-state index in [-0.39, 0.29) is 28.8 Å². The molecule has 0 aliphatic carbocycles. The SMILES string of the molecule is C=CCOc1cccc(C2/C(=C(\O)c3nc4c(C)cccn4c3C)C(=O)C(=O)N2c2nnc(SCc3ccccc3Cl)s2)c1. The zero-order valence-electron chi connectivity index (χ0n) is 23.7. The molecule has 44 heavy (non-hydrogen) atoms. The Balaban J connectivity index is 1.45. The molecule has 0 saturated carbocycles. The van der Waals surface area contributed by atoms with E-state index >= 15 is 0 Å². The van der Waals surface area contributed by atoms with Gasteiger partial charge < -0.3 is 14.2 Å². The zero-order chi connectivity index (χ0) is 31.0. The molecule has 1 amide bonds. The van der Waals surface area contributed by atoms with Gasteiger partial charge in [-0.15, -0.1) is 10.2 Å². The first kappa shape index (κ1) is 29.6. The van der Waals surface area contributed by atoms with Gasteiger partial charge in [0.05, 0.1) is 17.3 Å². The maximum Gasteiger partial charge on any atom is 0.301 e. The number of ketones is 1. The molecule has 3 aromatic heterocycles. The number of nitrogens with zero attached hydrogens (tertiary/aromatic N) is 5. The van der Waals surface area contributed by atoms with Crippen LogP contribution in [0.5, 0.6) is 5.75 Å². The lowest BCUT2D eigenvalue weighted by atomic mass is 9.96. The lowest BCUT2D eigenvalue weighted by Crippen LogP contribution is -2.29. The molecular weight excluding hydrogens is 618 g/mol. The van der Waals surface area contributed by atoms with E-state index in [9.17, 15) is 14.7 Å². The summed E-state index contributed by atoms with van der Waals surface area (Å²) in [6.07, 6.45) is 3.46. The van der Waals surface area contributed by atoms with Crippen molar-refractivity contribution in [3.63, 3.8) is 0 Å². The van der Waals surface area contributed by atoms with Gasteiger partial charge in [0, 0.05) is 17.0 Å². The molecule has 1 saturated heterocycles. The highest BCUT2D eigenvalue weighted by Crippen LogP contribution is 2.45. The van der Waals surface area contributed by atoms with E-state index in [2.05, 4.69) is 21.8 Å². The summed E-state index contributed by atoms with van der Waals surface area (Å²) in [5.74, 6) is -0.984. The van der Waals surface area contributed by atoms with Crippen molar-refractivity contribution in [2.24, 2.45) is 0 Å². The highest BCUT2D eigenvalue weighted by Gasteiger charge is 2.49. The first-order valence-electron chi connectivity index (χ1n) is 13.6. The van der Waals surface area contributed by atoms with Gasteiger partial charge in [0.15, 0.2) is 10.1 Å². The predicted molar refractivity (Wildman–Crippen MR) is 173 cm³/mol. The molecule has 4 heterocycles. The Kier molecular flexibility index (Phi) is 8.26. The lowest BCUT2D eigenvalue weighted by molar-refractivity contribution is -0.132. The molecule has 1 aliphatic rings. The number of anilines is 1. The van der Waals surface area contributed by atoms with E-state index in [1.165, 1.54) is 28.0 Å². The van der Waals surface area contributed by atoms with Crippen LogP contribution in [0.3, 0.4) is 0 Å². The van der Waals surface area contributed by atoms with Gasteiger partial charge in [-0.2, -0.15) is 0 Å². The standard InChI is InChI=1S/C32H26ClN5O4S2/c1-4-15-42-22-12-7-11-20(16-22)26-24(27(39)25-19(3)37-14-8-9-18(2)29(37)34-25)28(40)30(41)38(26)31-35-36-32(44-31)43-17-21-10-5-6-13-23(21)33/h4-14,16,26,39H,1,15,17H2,2-3H3/b27-24+. The topological polar surface area (TPSA) is 110 Å². The highest BCUT2D eigenvalue weighted by atomic mass is 35.5. The minimum absolute atomic E-state index is 0.0968. The second kappa shape index (κ2) is 12.3. The van der Waals surface area contributed by atoms with Gasteiger partial charge >= 0.3 is 5.91 Å². The van der Waals surface area contributed by atoms with Crippen molar-refractivity contribution in [1.82, 2.24) is 19.6 Å². The number of carbonyl (C=O) groups is 2. The molecule has 222 valence electrons. The third kappa shape index (κ3) is 5.38. The van der Waals surface area contributed by atoms with Gasteiger partial charge in [-0.3, -0.25) is 14.5 Å². The number of rotatable bonds is 9. The van der Waals surface area contributed by atoms with Gasteiger partial charge in [0.2, 0.25) is 5.13 Å². The number of hydrogen-bond acceptors (Lipinski definition) is 9. The number of benzene rings is 2. The minimum Gasteiger partial charge on any atom is -0.505 e. The quantitative estimate of drug-likeness (QED) is 0.0459. The van der Waals surface area contributed by atoms with E-state index in [4.69, 9.17) is 16.3 Å². The van der Waals surface area contributed by atoms with Crippen LogP contribution in [0.2, 0.25) is 5.02 Å². The molecule has 6 rings (SSSR count). The number of ether oxygens (including phenoxy) is 1. The fraction of sp³-hybridized carbons (Fsp3) is 0.156. The molecule has 9 nitrogen and oxygen atoms in total. The summed E-state index contributed by atoms with van der Waals surface area (Å²) >= 11 is 8.92. The second-order valence-electron chi connectivity index (χ2n) is 10.0. The molecule has 0 radical (unpaired) electrons. The van der Waals surface area contributed by atoms with E-state index in [1.54, 1.807) is 37.3 Å². The Labute approximate surface area is 266 Å². The number of hydrogen-bond donors (Lipinski definition) is 1. The monoisotopic (exact) mass is 643 g/mol. The number of aliphatic hydroxyl groups is 1. The summed E-state index contributed by atoms with van der Waals surface area (Å²) in [6.45, 7) is 7.68. The number of fused-ring (bicyclic) bond motifs is 1. The van der Waals surface area contributed by atoms with Crippen LogP contribution >= 0.6 is 34.7 Å². The van der Waals surface area contributed by atoms with Gasteiger partial charge in [-0.1, -0.05) is 83.8 Å². The fourth-order valence-corrected chi connectivity index (χ4v) is 7.22. The number of aromatic nitrogens is 4. The molecule has 1 unspecified atom stereocenters. The molecular formula is C32H26ClN5O4S2. The third-order valence-corrected chi connectivity index (χ3v) is 9.68. The number of amides is 1. The van der Waals surface area contributed by atoms with Crippen LogP contribution in [0.15, 0.2) is 89.4 Å². The molecule has 1 fully saturated rings. The van der Waals surface area contributed by atoms with Crippen LogP contribution in [0, 0.1) is 13.8 Å². The van der Waals surface area contributed by atoms with Crippen molar-refractivity contribution in [1.29, 1.82) is 0 Å². The first-order valence-corrected chi connectivity index (χ1v) is 15.8. The number of imidazole rings is 1. The first-order chi connectivity index (χ1) is 21.3. The van der Waals surface area contributed by atoms with Crippen molar-refractivity contribution in [2.75, 3.05) is 11.5 Å². The predicted octanol–water partition coefficient (Wildman–Crippen LogP) is 6.94. The molecule has 2 aromatic carbocycles. The Morgan fingerprint density at radius 1 is 1.14 bits per heavy atom. The van der Waals surface area contributed by atoms with Crippen LogP contribution < -0.4 is 9.64 Å². The number of pyridine rings is 1. The van der Waals surface area contributed by atoms with Crippen LogP contribution in [0.25, 0.3) is 11.4 Å². The normalized spacial score (nSPS) is 16.2. The average Bonchev–Trinajstić information content (AvgIpc) is 3.70. The number of carbonyl (C=O) groups excluding carboxylic acids is 2. The van der Waals surface area contributed by atoms with Crippen molar-refractivity contribution in [3.05, 3.63) is 118 Å². The average molecular weight is 644 g/mol. The summed E-state index contributed by atoms with van der Waals surface area (Å²) in [5.41, 5.74) is 3.77. The molecule has 1 atom stereocenters. The van der Waals surface area contributed by atoms with Gasteiger partial charge in [0.1, 0.15) is 23.7 Å². The number of thioether (sulfide) groups is 1. The van der Waals surface area contributed by atoms with Gasteiger partial charge in [-0.25, -0.2) is 4.98 Å². The van der Waals surface area contributed by atoms with Crippen molar-refractivity contribution >= 4 is 62.9 Å². The summed E-state index contributed by atoms with van der Waals surface area (Å²) in [5, 5.41) is 21.2. The Morgan fingerprint density at radius 3 is 2.73 bits per heavy atom. The summed E-state index contributed by atoms with van der Waals surface area (Å²) in [6, 6.07) is 17.3. The minimum atomic E-state index is -1.01. The zero-order valence-corrected chi connectivity index (χ0v) is 26.1. The molecule has 0 bridgehead atoms. The maximum absolute atomic E-state index is 13.7. The summed E-state index contributed by atoms with van der Waals surface area (Å²) in [7, 11) is 0. The van der Waals surface area contributed by atoms with Crippen molar-refractivity contribution in [3.8, 4) is 5.75 Å². The molecule has 1 aliphatic heterocycles. The van der Waals surface area contributed by atoms with E-state index in [1.807, 2.05) is 53.9 Å². The molecule has 5 aromatic rings. The molecule has 12 heteroatoms. The van der Waals surface area contributed by atoms with Crippen LogP contribution in [-0.4, -0.2) is 43.0 Å². The summed E-state index contributed by atoms with van der Waals surface area (Å²) < 4.78 is 8.18. The van der Waals surface area contributed by atoms with E-state index in [0.29, 0.717) is 37.8 Å². The number of aryl methyl sites for hydroxylation is 2. The number of Topliss-reactive ketones (excluding diaryl/α,β-unsaturated/α-hetero) is 1. The maximum atomic E-state index is 13.7. The van der Waals surface area contributed by atoms with Crippen molar-refractivity contribution in [2.45, 2.75) is 30.0 Å². The smallest absolute Gasteiger partial charge is 0.301 e. The van der Waals surface area contributed by atoms with Gasteiger partial charge in [-0.05, 0) is 54.8 Å². The summed E-state index contributed by atoms with van der Waals surface area (Å²) in [4.78, 5) is 33.4. The van der Waals surface area contributed by atoms with E-state index < -0.39 is 17.7 Å². The number of halogens is 1. The van der Waals surface area contributed by atoms with Gasteiger partial charge in [0.25, 0.3) is 5.78 Å². The third-order valence-electron chi connectivity index (χ3n) is 7.21. The Morgan fingerprint density at radius 2 is 1.95 bits per heavy atom. The molecule has 1 N–H and O–H groups in total. The van der Waals surface area contributed by atoms with Crippen LogP contribution in [0.4, 0.5) is 5.13 Å². The Hall–Kier alpha value is -4.45. The largest absolute Gasteiger partial charge is 0.505 e. The number of aliphatic hydroxyl groups excluding tert-OH is 1. The fourth-order valence-electron chi connectivity index (χ4n) is 5.06. The van der Waals surface area contributed by atoms with E-state index in [0.717, 1.165) is 11.1 Å². The van der Waals surface area contributed by atoms with Crippen LogP contribution in [-0.2, 0) is 15.3 Å². The Bertz CT molecular complexity index is 1970. The molecule has 0 spiro atoms.